The number of phenols is 1. The van der Waals surface area contributed by atoms with Crippen molar-refractivity contribution < 1.29 is 34.5 Å². The highest BCUT2D eigenvalue weighted by Crippen LogP contribution is 2.13. The minimum Gasteiger partial charge on any atom is -0.508 e. The molecule has 6 atom stereocenters. The summed E-state index contributed by atoms with van der Waals surface area (Å²) in [6.45, 7) is 4.97. The number of amides is 3. The van der Waals surface area contributed by atoms with E-state index < -0.39 is 54.0 Å². The summed E-state index contributed by atoms with van der Waals surface area (Å²) in [5, 5.41) is 37.0. The van der Waals surface area contributed by atoms with Crippen molar-refractivity contribution in [1.29, 1.82) is 0 Å². The first kappa shape index (κ1) is 31.3. The molecular weight excluding hydrogens is 504 g/mol. The number of nitrogens with one attached hydrogen (secondary N) is 3. The molecule has 0 aliphatic heterocycles. The molecule has 2 aromatic carbocycles. The summed E-state index contributed by atoms with van der Waals surface area (Å²) in [7, 11) is 0. The number of carboxylic acid groups (broad SMARTS) is 1. The average Bonchev–Trinajstić information content (AvgIpc) is 2.91. The molecule has 0 aliphatic rings. The number of rotatable bonds is 14. The van der Waals surface area contributed by atoms with Crippen molar-refractivity contribution in [3.05, 3.63) is 65.7 Å². The third-order valence-corrected chi connectivity index (χ3v) is 6.53. The maximum atomic E-state index is 13.3. The number of hydrogen-bond donors (Lipinski definition) is 7. The van der Waals surface area contributed by atoms with Gasteiger partial charge in [-0.15, -0.1) is 0 Å². The number of aliphatic hydroxyl groups excluding tert-OH is 1. The lowest BCUT2D eigenvalue weighted by molar-refractivity contribution is -0.142. The Morgan fingerprint density at radius 2 is 1.33 bits per heavy atom. The van der Waals surface area contributed by atoms with E-state index >= 15 is 0 Å². The van der Waals surface area contributed by atoms with Gasteiger partial charge in [-0.05, 0) is 36.1 Å². The number of nitrogens with two attached hydrogens (primary N) is 1. The standard InChI is InChI=1S/C28H38N4O7/c1-4-16(2)23(29)26(36)32-24(17(3)33)27(37)30-21(14-19-10-12-20(34)13-11-19)25(35)31-22(28(38)39)15-18-8-6-5-7-9-18/h5-13,16-17,21-24,33-34H,4,14-15,29H2,1-3H3,(H,30,37)(H,31,35)(H,32,36)(H,38,39). The summed E-state index contributed by atoms with van der Waals surface area (Å²) in [6, 6.07) is 9.83. The molecule has 0 radical (unpaired) electrons. The molecule has 11 nitrogen and oxygen atoms in total. The Morgan fingerprint density at radius 3 is 1.87 bits per heavy atom. The molecule has 8 N–H and O–H groups in total. The van der Waals surface area contributed by atoms with Gasteiger partial charge in [0.25, 0.3) is 0 Å². The molecule has 0 heterocycles. The normalized spacial score (nSPS) is 15.6. The second kappa shape index (κ2) is 14.8. The van der Waals surface area contributed by atoms with Crippen molar-refractivity contribution in [3.8, 4) is 5.75 Å². The number of carbonyl (C=O) groups is 4. The number of aliphatic carboxylic acids is 1. The van der Waals surface area contributed by atoms with E-state index in [1.807, 2.05) is 6.92 Å². The number of phenolic OH excluding ortho intramolecular Hbond substituents is 1. The molecule has 39 heavy (non-hydrogen) atoms. The fraction of sp³-hybridized carbons (Fsp3) is 0.429. The van der Waals surface area contributed by atoms with E-state index in [1.54, 1.807) is 49.4 Å². The highest BCUT2D eigenvalue weighted by Gasteiger charge is 2.33. The predicted octanol–water partition coefficient (Wildman–Crippen LogP) is 0.471. The lowest BCUT2D eigenvalue weighted by Crippen LogP contribution is -2.60. The van der Waals surface area contributed by atoms with Crippen molar-refractivity contribution >= 4 is 23.7 Å². The minimum atomic E-state index is -1.41. The zero-order valence-electron chi connectivity index (χ0n) is 22.3. The van der Waals surface area contributed by atoms with Gasteiger partial charge in [0, 0.05) is 12.8 Å². The first-order valence-corrected chi connectivity index (χ1v) is 12.8. The van der Waals surface area contributed by atoms with Gasteiger partial charge in [0.05, 0.1) is 12.1 Å². The van der Waals surface area contributed by atoms with Gasteiger partial charge in [0.2, 0.25) is 17.7 Å². The van der Waals surface area contributed by atoms with Crippen LogP contribution in [-0.2, 0) is 32.0 Å². The molecule has 0 aromatic heterocycles. The SMILES string of the molecule is CCC(C)C(N)C(=O)NC(C(=O)NC(Cc1ccc(O)cc1)C(=O)NC(Cc1ccccc1)C(=O)O)C(C)O. The lowest BCUT2D eigenvalue weighted by atomic mass is 9.98. The van der Waals surface area contributed by atoms with E-state index in [0.29, 0.717) is 17.5 Å². The van der Waals surface area contributed by atoms with Crippen LogP contribution < -0.4 is 21.7 Å². The van der Waals surface area contributed by atoms with Crippen LogP contribution in [0.4, 0.5) is 0 Å². The molecule has 3 amide bonds. The van der Waals surface area contributed by atoms with Gasteiger partial charge in [0.15, 0.2) is 0 Å². The summed E-state index contributed by atoms with van der Waals surface area (Å²) in [5.74, 6) is -3.66. The van der Waals surface area contributed by atoms with Crippen molar-refractivity contribution in [2.45, 2.75) is 70.3 Å². The fourth-order valence-corrected chi connectivity index (χ4v) is 3.83. The maximum Gasteiger partial charge on any atom is 0.326 e. The molecule has 2 rings (SSSR count). The largest absolute Gasteiger partial charge is 0.508 e. The Morgan fingerprint density at radius 1 is 0.795 bits per heavy atom. The van der Waals surface area contributed by atoms with E-state index in [0.717, 1.165) is 0 Å². The van der Waals surface area contributed by atoms with Gasteiger partial charge in [0.1, 0.15) is 23.9 Å². The number of benzene rings is 2. The molecule has 212 valence electrons. The van der Waals surface area contributed by atoms with Gasteiger partial charge in [-0.3, -0.25) is 14.4 Å². The van der Waals surface area contributed by atoms with Gasteiger partial charge in [-0.2, -0.15) is 0 Å². The second-order valence-electron chi connectivity index (χ2n) is 9.66. The number of aliphatic hydroxyl groups is 1. The van der Waals surface area contributed by atoms with E-state index in [2.05, 4.69) is 16.0 Å². The quantitative estimate of drug-likeness (QED) is 0.179. The van der Waals surface area contributed by atoms with Crippen LogP contribution >= 0.6 is 0 Å². The van der Waals surface area contributed by atoms with Gasteiger partial charge in [-0.25, -0.2) is 4.79 Å². The average molecular weight is 543 g/mol. The van der Waals surface area contributed by atoms with E-state index in [9.17, 15) is 34.5 Å². The Balaban J connectivity index is 2.26. The highest BCUT2D eigenvalue weighted by atomic mass is 16.4. The van der Waals surface area contributed by atoms with Crippen LogP contribution in [0.3, 0.4) is 0 Å². The summed E-state index contributed by atoms with van der Waals surface area (Å²) in [4.78, 5) is 51.0. The molecule has 0 fully saturated rings. The van der Waals surface area contributed by atoms with E-state index in [-0.39, 0.29) is 24.5 Å². The molecule has 0 spiro atoms. The predicted molar refractivity (Wildman–Crippen MR) is 144 cm³/mol. The summed E-state index contributed by atoms with van der Waals surface area (Å²) in [5.41, 5.74) is 7.23. The highest BCUT2D eigenvalue weighted by molar-refractivity contribution is 5.94. The van der Waals surface area contributed by atoms with Gasteiger partial charge < -0.3 is 37.0 Å². The molecule has 0 bridgehead atoms. The third kappa shape index (κ3) is 9.69. The van der Waals surface area contributed by atoms with Crippen molar-refractivity contribution in [3.63, 3.8) is 0 Å². The van der Waals surface area contributed by atoms with Crippen molar-refractivity contribution in [2.24, 2.45) is 11.7 Å². The number of carboxylic acids is 1. The van der Waals surface area contributed by atoms with Crippen molar-refractivity contribution in [2.75, 3.05) is 0 Å². The Labute approximate surface area is 227 Å². The van der Waals surface area contributed by atoms with Gasteiger partial charge in [-0.1, -0.05) is 62.7 Å². The zero-order valence-corrected chi connectivity index (χ0v) is 22.3. The molecule has 0 saturated heterocycles. The van der Waals surface area contributed by atoms with Crippen LogP contribution in [0.15, 0.2) is 54.6 Å². The van der Waals surface area contributed by atoms with E-state index in [4.69, 9.17) is 5.73 Å². The zero-order chi connectivity index (χ0) is 29.1. The smallest absolute Gasteiger partial charge is 0.326 e. The number of carbonyl (C=O) groups excluding carboxylic acids is 3. The van der Waals surface area contributed by atoms with Crippen LogP contribution in [0, 0.1) is 5.92 Å². The molecular formula is C28H38N4O7. The molecule has 2 aromatic rings. The second-order valence-corrected chi connectivity index (χ2v) is 9.66. The fourth-order valence-electron chi connectivity index (χ4n) is 3.83. The first-order valence-electron chi connectivity index (χ1n) is 12.8. The monoisotopic (exact) mass is 542 g/mol. The van der Waals surface area contributed by atoms with Crippen LogP contribution in [0.25, 0.3) is 0 Å². The summed E-state index contributed by atoms with van der Waals surface area (Å²) >= 11 is 0. The Bertz CT molecular complexity index is 1110. The first-order chi connectivity index (χ1) is 18.4. The topological polar surface area (TPSA) is 191 Å². The van der Waals surface area contributed by atoms with Crippen molar-refractivity contribution in [1.82, 2.24) is 16.0 Å². The molecule has 0 aliphatic carbocycles. The number of hydrogen-bond acceptors (Lipinski definition) is 7. The maximum absolute atomic E-state index is 13.3. The van der Waals surface area contributed by atoms with Gasteiger partial charge >= 0.3 is 5.97 Å². The minimum absolute atomic E-state index is 0.00659. The molecule has 11 heteroatoms. The lowest BCUT2D eigenvalue weighted by Gasteiger charge is -2.27. The molecule has 6 unspecified atom stereocenters. The summed E-state index contributed by atoms with van der Waals surface area (Å²) < 4.78 is 0. The molecule has 0 saturated carbocycles. The van der Waals surface area contributed by atoms with Crippen LogP contribution in [0.5, 0.6) is 5.75 Å². The van der Waals surface area contributed by atoms with E-state index in [1.165, 1.54) is 19.1 Å². The summed E-state index contributed by atoms with van der Waals surface area (Å²) in [6.07, 6.45) is -0.729. The van der Waals surface area contributed by atoms with Crippen LogP contribution in [-0.4, -0.2) is 69.3 Å². The Hall–Kier alpha value is -3.96. The Kier molecular flexibility index (Phi) is 11.9. The van der Waals surface area contributed by atoms with Crippen LogP contribution in [0.1, 0.15) is 38.3 Å². The van der Waals surface area contributed by atoms with Crippen LogP contribution in [0.2, 0.25) is 0 Å². The number of aromatic hydroxyl groups is 1. The third-order valence-electron chi connectivity index (χ3n) is 6.53.